The minimum absolute atomic E-state index is 0.0473. The van der Waals surface area contributed by atoms with Crippen molar-refractivity contribution in [1.29, 1.82) is 0 Å². The lowest BCUT2D eigenvalue weighted by atomic mass is 10.0. The number of rotatable bonds is 5. The van der Waals surface area contributed by atoms with Gasteiger partial charge in [-0.15, -0.1) is 11.8 Å². The maximum atomic E-state index is 11.9. The van der Waals surface area contributed by atoms with Crippen molar-refractivity contribution in [2.24, 2.45) is 5.92 Å². The summed E-state index contributed by atoms with van der Waals surface area (Å²) in [5, 5.41) is 0.0473. The van der Waals surface area contributed by atoms with Crippen molar-refractivity contribution in [3.8, 4) is 0 Å². The average Bonchev–Trinajstić information content (AvgIpc) is 2.53. The van der Waals surface area contributed by atoms with Gasteiger partial charge in [0.05, 0.1) is 13.0 Å². The smallest absolute Gasteiger partial charge is 0.309 e. The highest BCUT2D eigenvalue weighted by Crippen LogP contribution is 2.40. The van der Waals surface area contributed by atoms with E-state index in [9.17, 15) is 4.79 Å². The molecule has 0 N–H and O–H groups in total. The molecule has 0 bridgehead atoms. The molecule has 0 spiro atoms. The minimum Gasteiger partial charge on any atom is -0.469 e. The number of hydrogen-bond acceptors (Lipinski definition) is 3. The molecule has 0 aliphatic heterocycles. The van der Waals surface area contributed by atoms with E-state index < -0.39 is 0 Å². The van der Waals surface area contributed by atoms with Gasteiger partial charge in [-0.05, 0) is 17.7 Å². The standard InChI is InChI=1S/C17H18O2S/c1-13(17(18)19-2)16(14-9-5-3-6-10-14)20-15-11-7-4-8-12-15/h3-13,16H,1-2H3/t13-,16-/m1/s1. The van der Waals surface area contributed by atoms with Crippen molar-refractivity contribution in [2.45, 2.75) is 17.1 Å². The maximum absolute atomic E-state index is 11.9. The lowest BCUT2D eigenvalue weighted by molar-refractivity contribution is -0.144. The van der Waals surface area contributed by atoms with E-state index in [0.717, 1.165) is 10.5 Å². The molecule has 0 radical (unpaired) electrons. The van der Waals surface area contributed by atoms with Crippen LogP contribution < -0.4 is 0 Å². The van der Waals surface area contributed by atoms with E-state index >= 15 is 0 Å². The Hall–Kier alpha value is -1.74. The number of carbonyl (C=O) groups is 1. The molecule has 0 unspecified atom stereocenters. The second-order valence-corrected chi connectivity index (χ2v) is 5.79. The summed E-state index contributed by atoms with van der Waals surface area (Å²) in [4.78, 5) is 13.0. The Kier molecular flexibility index (Phi) is 5.24. The van der Waals surface area contributed by atoms with Gasteiger partial charge in [0.2, 0.25) is 0 Å². The predicted octanol–water partition coefficient (Wildman–Crippen LogP) is 4.33. The number of hydrogen-bond donors (Lipinski definition) is 0. The maximum Gasteiger partial charge on any atom is 0.309 e. The van der Waals surface area contributed by atoms with Gasteiger partial charge in [0.25, 0.3) is 0 Å². The summed E-state index contributed by atoms with van der Waals surface area (Å²) >= 11 is 1.69. The summed E-state index contributed by atoms with van der Waals surface area (Å²) in [7, 11) is 1.44. The monoisotopic (exact) mass is 286 g/mol. The molecule has 3 heteroatoms. The van der Waals surface area contributed by atoms with Gasteiger partial charge in [0.15, 0.2) is 0 Å². The van der Waals surface area contributed by atoms with E-state index in [-0.39, 0.29) is 17.1 Å². The zero-order chi connectivity index (χ0) is 14.4. The third-order valence-corrected chi connectivity index (χ3v) is 4.64. The van der Waals surface area contributed by atoms with E-state index in [1.54, 1.807) is 11.8 Å². The van der Waals surface area contributed by atoms with E-state index in [2.05, 4.69) is 24.3 Å². The first-order chi connectivity index (χ1) is 9.72. The van der Waals surface area contributed by atoms with Crippen LogP contribution in [0.25, 0.3) is 0 Å². The first kappa shape index (κ1) is 14.7. The Morgan fingerprint density at radius 1 is 1.00 bits per heavy atom. The van der Waals surface area contributed by atoms with Gasteiger partial charge in [-0.2, -0.15) is 0 Å². The topological polar surface area (TPSA) is 26.3 Å². The summed E-state index contributed by atoms with van der Waals surface area (Å²) in [5.74, 6) is -0.380. The highest BCUT2D eigenvalue weighted by molar-refractivity contribution is 7.99. The lowest BCUT2D eigenvalue weighted by Gasteiger charge is -2.22. The summed E-state index contributed by atoms with van der Waals surface area (Å²) in [5.41, 5.74) is 1.14. The van der Waals surface area contributed by atoms with Crippen molar-refractivity contribution >= 4 is 17.7 Å². The number of thioether (sulfide) groups is 1. The van der Waals surface area contributed by atoms with Gasteiger partial charge in [0, 0.05) is 10.1 Å². The molecule has 2 aromatic rings. The quantitative estimate of drug-likeness (QED) is 0.604. The number of benzene rings is 2. The van der Waals surface area contributed by atoms with Gasteiger partial charge >= 0.3 is 5.97 Å². The Labute approximate surface area is 124 Å². The second kappa shape index (κ2) is 7.15. The number of ether oxygens (including phenoxy) is 1. The lowest BCUT2D eigenvalue weighted by Crippen LogP contribution is -2.19. The van der Waals surface area contributed by atoms with Crippen LogP contribution in [0.4, 0.5) is 0 Å². The Balaban J connectivity index is 2.27. The van der Waals surface area contributed by atoms with E-state index in [1.165, 1.54) is 7.11 Å². The fourth-order valence-corrected chi connectivity index (χ4v) is 3.27. The Morgan fingerprint density at radius 2 is 1.55 bits per heavy atom. The molecular weight excluding hydrogens is 268 g/mol. The molecule has 2 rings (SSSR count). The van der Waals surface area contributed by atoms with Crippen molar-refractivity contribution in [2.75, 3.05) is 7.11 Å². The summed E-state index contributed by atoms with van der Waals surface area (Å²) in [6.07, 6.45) is 0. The average molecular weight is 286 g/mol. The van der Waals surface area contributed by atoms with Gasteiger partial charge in [-0.3, -0.25) is 4.79 Å². The summed E-state index contributed by atoms with van der Waals surface area (Å²) in [6.45, 7) is 1.92. The zero-order valence-electron chi connectivity index (χ0n) is 11.7. The molecule has 0 aromatic heterocycles. The highest BCUT2D eigenvalue weighted by atomic mass is 32.2. The Bertz CT molecular complexity index is 539. The fraction of sp³-hybridized carbons (Fsp3) is 0.235. The van der Waals surface area contributed by atoms with Gasteiger partial charge in [0.1, 0.15) is 0 Å². The van der Waals surface area contributed by atoms with Crippen molar-refractivity contribution in [3.05, 3.63) is 66.2 Å². The van der Waals surface area contributed by atoms with Crippen LogP contribution in [0.5, 0.6) is 0 Å². The zero-order valence-corrected chi connectivity index (χ0v) is 12.5. The second-order valence-electron chi connectivity index (χ2n) is 4.57. The molecular formula is C17H18O2S. The fourth-order valence-electron chi connectivity index (χ4n) is 2.06. The molecule has 0 heterocycles. The molecule has 0 aliphatic carbocycles. The van der Waals surface area contributed by atoms with Crippen LogP contribution in [0.1, 0.15) is 17.7 Å². The largest absolute Gasteiger partial charge is 0.469 e. The molecule has 0 aliphatic rings. The van der Waals surface area contributed by atoms with Crippen molar-refractivity contribution in [1.82, 2.24) is 0 Å². The predicted molar refractivity (Wildman–Crippen MR) is 82.7 cm³/mol. The third kappa shape index (κ3) is 3.64. The number of methoxy groups -OCH3 is 1. The minimum atomic E-state index is -0.201. The van der Waals surface area contributed by atoms with Crippen LogP contribution in [0.2, 0.25) is 0 Å². The molecule has 104 valence electrons. The van der Waals surface area contributed by atoms with Gasteiger partial charge in [-0.1, -0.05) is 55.5 Å². The van der Waals surface area contributed by atoms with Crippen molar-refractivity contribution in [3.63, 3.8) is 0 Å². The summed E-state index contributed by atoms with van der Waals surface area (Å²) < 4.78 is 4.90. The molecule has 0 amide bonds. The number of carbonyl (C=O) groups excluding carboxylic acids is 1. The molecule has 2 atom stereocenters. The summed E-state index contributed by atoms with van der Waals surface area (Å²) in [6, 6.07) is 20.2. The van der Waals surface area contributed by atoms with E-state index in [4.69, 9.17) is 4.74 Å². The van der Waals surface area contributed by atoms with Gasteiger partial charge < -0.3 is 4.74 Å². The third-order valence-electron chi connectivity index (χ3n) is 3.16. The van der Waals surface area contributed by atoms with Crippen LogP contribution in [0.3, 0.4) is 0 Å². The first-order valence-corrected chi connectivity index (χ1v) is 7.45. The van der Waals surface area contributed by atoms with Crippen LogP contribution >= 0.6 is 11.8 Å². The molecule has 2 aromatic carbocycles. The highest BCUT2D eigenvalue weighted by Gasteiger charge is 2.27. The molecule has 2 nitrogen and oxygen atoms in total. The SMILES string of the molecule is COC(=O)[C@H](C)[C@@H](Sc1ccccc1)c1ccccc1. The van der Waals surface area contributed by atoms with E-state index in [0.29, 0.717) is 0 Å². The molecule has 0 saturated heterocycles. The van der Waals surface area contributed by atoms with Crippen LogP contribution in [-0.2, 0) is 9.53 Å². The molecule has 20 heavy (non-hydrogen) atoms. The van der Waals surface area contributed by atoms with Gasteiger partial charge in [-0.25, -0.2) is 0 Å². The first-order valence-electron chi connectivity index (χ1n) is 6.57. The Morgan fingerprint density at radius 3 is 2.10 bits per heavy atom. The molecule has 0 fully saturated rings. The van der Waals surface area contributed by atoms with Crippen LogP contribution in [0, 0.1) is 5.92 Å². The molecule has 0 saturated carbocycles. The van der Waals surface area contributed by atoms with Crippen LogP contribution in [-0.4, -0.2) is 13.1 Å². The number of esters is 1. The normalized spacial score (nSPS) is 13.5. The van der Waals surface area contributed by atoms with E-state index in [1.807, 2.05) is 43.3 Å². The van der Waals surface area contributed by atoms with Crippen molar-refractivity contribution < 1.29 is 9.53 Å². The van der Waals surface area contributed by atoms with Crippen LogP contribution in [0.15, 0.2) is 65.6 Å².